The van der Waals surface area contributed by atoms with E-state index in [-0.39, 0.29) is 0 Å². The first kappa shape index (κ1) is 10.1. The molecule has 0 radical (unpaired) electrons. The topological polar surface area (TPSA) is 48.1 Å². The SMILES string of the molecule is NCCOCc1ccnc2ccccc12. The maximum Gasteiger partial charge on any atom is 0.0724 e. The van der Waals surface area contributed by atoms with Crippen molar-refractivity contribution in [3.8, 4) is 0 Å². The van der Waals surface area contributed by atoms with E-state index < -0.39 is 0 Å². The fourth-order valence-corrected chi connectivity index (χ4v) is 1.55. The summed E-state index contributed by atoms with van der Waals surface area (Å²) in [4.78, 5) is 4.29. The van der Waals surface area contributed by atoms with E-state index in [4.69, 9.17) is 10.5 Å². The fraction of sp³-hybridized carbons (Fsp3) is 0.250. The highest BCUT2D eigenvalue weighted by Crippen LogP contribution is 2.16. The van der Waals surface area contributed by atoms with Gasteiger partial charge in [-0.25, -0.2) is 0 Å². The van der Waals surface area contributed by atoms with Crippen LogP contribution in [0.3, 0.4) is 0 Å². The molecule has 0 saturated carbocycles. The summed E-state index contributed by atoms with van der Waals surface area (Å²) in [7, 11) is 0. The molecular formula is C12H14N2O. The number of fused-ring (bicyclic) bond motifs is 1. The standard InChI is InChI=1S/C12H14N2O/c13-6-8-15-9-10-5-7-14-12-4-2-1-3-11(10)12/h1-5,7H,6,8-9,13H2. The van der Waals surface area contributed by atoms with Gasteiger partial charge in [-0.05, 0) is 17.7 Å². The molecule has 1 heterocycles. The minimum atomic E-state index is 0.559. The van der Waals surface area contributed by atoms with Crippen LogP contribution in [0.15, 0.2) is 36.5 Å². The monoisotopic (exact) mass is 202 g/mol. The van der Waals surface area contributed by atoms with Crippen LogP contribution < -0.4 is 5.73 Å². The van der Waals surface area contributed by atoms with Gasteiger partial charge in [-0.3, -0.25) is 4.98 Å². The maximum atomic E-state index is 5.42. The lowest BCUT2D eigenvalue weighted by molar-refractivity contribution is 0.129. The zero-order chi connectivity index (χ0) is 10.5. The van der Waals surface area contributed by atoms with E-state index >= 15 is 0 Å². The molecule has 0 aliphatic heterocycles. The highest BCUT2D eigenvalue weighted by atomic mass is 16.5. The van der Waals surface area contributed by atoms with Crippen LogP contribution in [0.5, 0.6) is 0 Å². The van der Waals surface area contributed by atoms with Gasteiger partial charge in [-0.15, -0.1) is 0 Å². The molecular weight excluding hydrogens is 188 g/mol. The number of hydrogen-bond acceptors (Lipinski definition) is 3. The van der Waals surface area contributed by atoms with E-state index in [2.05, 4.69) is 11.1 Å². The van der Waals surface area contributed by atoms with Gasteiger partial charge in [-0.1, -0.05) is 18.2 Å². The van der Waals surface area contributed by atoms with Crippen molar-refractivity contribution in [3.63, 3.8) is 0 Å². The lowest BCUT2D eigenvalue weighted by Gasteiger charge is -2.06. The number of aromatic nitrogens is 1. The molecule has 1 aromatic heterocycles. The molecule has 3 nitrogen and oxygen atoms in total. The molecule has 0 saturated heterocycles. The summed E-state index contributed by atoms with van der Waals surface area (Å²) in [5, 5.41) is 1.15. The Hall–Kier alpha value is -1.45. The number of benzene rings is 1. The predicted octanol–water partition coefficient (Wildman–Crippen LogP) is 1.71. The molecule has 0 amide bonds. The van der Waals surface area contributed by atoms with Crippen molar-refractivity contribution in [1.82, 2.24) is 4.98 Å². The van der Waals surface area contributed by atoms with Crippen LogP contribution in [0, 0.1) is 0 Å². The van der Waals surface area contributed by atoms with E-state index in [1.54, 1.807) is 0 Å². The molecule has 0 aliphatic carbocycles. The first-order valence-electron chi connectivity index (χ1n) is 5.02. The molecule has 0 fully saturated rings. The Kier molecular flexibility index (Phi) is 3.27. The summed E-state index contributed by atoms with van der Waals surface area (Å²) in [6.45, 7) is 1.75. The van der Waals surface area contributed by atoms with E-state index in [0.717, 1.165) is 16.5 Å². The van der Waals surface area contributed by atoms with Crippen LogP contribution in [0.25, 0.3) is 10.9 Å². The van der Waals surface area contributed by atoms with Gasteiger partial charge >= 0.3 is 0 Å². The van der Waals surface area contributed by atoms with Crippen molar-refractivity contribution in [3.05, 3.63) is 42.1 Å². The Labute approximate surface area is 88.9 Å². The number of para-hydroxylation sites is 1. The number of rotatable bonds is 4. The van der Waals surface area contributed by atoms with Crippen molar-refractivity contribution < 1.29 is 4.74 Å². The van der Waals surface area contributed by atoms with Gasteiger partial charge in [0.1, 0.15) is 0 Å². The fourth-order valence-electron chi connectivity index (χ4n) is 1.55. The second-order valence-electron chi connectivity index (χ2n) is 3.33. The van der Waals surface area contributed by atoms with E-state index in [1.165, 1.54) is 0 Å². The van der Waals surface area contributed by atoms with E-state index in [1.807, 2.05) is 30.5 Å². The molecule has 2 aromatic rings. The first-order valence-corrected chi connectivity index (χ1v) is 5.02. The van der Waals surface area contributed by atoms with Gasteiger partial charge in [0, 0.05) is 18.1 Å². The Bertz CT molecular complexity index is 437. The van der Waals surface area contributed by atoms with Gasteiger partial charge in [0.05, 0.1) is 18.7 Å². The number of ether oxygens (including phenoxy) is 1. The molecule has 0 bridgehead atoms. The molecule has 3 heteroatoms. The summed E-state index contributed by atoms with van der Waals surface area (Å²) in [5.41, 5.74) is 7.54. The van der Waals surface area contributed by atoms with Crippen molar-refractivity contribution in [2.75, 3.05) is 13.2 Å². The smallest absolute Gasteiger partial charge is 0.0724 e. The molecule has 0 spiro atoms. The van der Waals surface area contributed by atoms with Gasteiger partial charge in [-0.2, -0.15) is 0 Å². The van der Waals surface area contributed by atoms with Crippen LogP contribution in [0.2, 0.25) is 0 Å². The van der Waals surface area contributed by atoms with Crippen molar-refractivity contribution in [2.45, 2.75) is 6.61 Å². The molecule has 2 rings (SSSR count). The highest BCUT2D eigenvalue weighted by molar-refractivity contribution is 5.81. The van der Waals surface area contributed by atoms with Crippen LogP contribution in [0.4, 0.5) is 0 Å². The third kappa shape index (κ3) is 2.32. The van der Waals surface area contributed by atoms with Crippen LogP contribution in [-0.4, -0.2) is 18.1 Å². The van der Waals surface area contributed by atoms with Crippen LogP contribution in [0.1, 0.15) is 5.56 Å². The summed E-state index contributed by atoms with van der Waals surface area (Å²) in [6, 6.07) is 10.0. The molecule has 0 aliphatic rings. The zero-order valence-electron chi connectivity index (χ0n) is 8.52. The van der Waals surface area contributed by atoms with Crippen molar-refractivity contribution in [1.29, 1.82) is 0 Å². The molecule has 0 unspecified atom stereocenters. The highest BCUT2D eigenvalue weighted by Gasteiger charge is 2.00. The summed E-state index contributed by atoms with van der Waals surface area (Å²) in [6.07, 6.45) is 1.81. The summed E-state index contributed by atoms with van der Waals surface area (Å²) in [5.74, 6) is 0. The van der Waals surface area contributed by atoms with Crippen molar-refractivity contribution >= 4 is 10.9 Å². The first-order chi connectivity index (χ1) is 7.42. The lowest BCUT2D eigenvalue weighted by Crippen LogP contribution is -2.08. The van der Waals surface area contributed by atoms with Gasteiger partial charge in [0.25, 0.3) is 0 Å². The number of nitrogens with two attached hydrogens (primary N) is 1. The second kappa shape index (κ2) is 4.87. The third-order valence-electron chi connectivity index (χ3n) is 2.26. The predicted molar refractivity (Wildman–Crippen MR) is 60.5 cm³/mol. The molecule has 15 heavy (non-hydrogen) atoms. The average Bonchev–Trinajstić information content (AvgIpc) is 2.30. The Morgan fingerprint density at radius 1 is 1.20 bits per heavy atom. The molecule has 78 valence electrons. The number of hydrogen-bond donors (Lipinski definition) is 1. The average molecular weight is 202 g/mol. The quantitative estimate of drug-likeness (QED) is 0.768. The van der Waals surface area contributed by atoms with Gasteiger partial charge in [0.15, 0.2) is 0 Å². The van der Waals surface area contributed by atoms with Gasteiger partial charge < -0.3 is 10.5 Å². The molecule has 1 aromatic carbocycles. The lowest BCUT2D eigenvalue weighted by atomic mass is 10.1. The number of nitrogens with zero attached hydrogens (tertiary/aromatic N) is 1. The van der Waals surface area contributed by atoms with E-state index in [0.29, 0.717) is 19.8 Å². The van der Waals surface area contributed by atoms with E-state index in [9.17, 15) is 0 Å². The Balaban J connectivity index is 2.26. The van der Waals surface area contributed by atoms with Crippen LogP contribution in [-0.2, 0) is 11.3 Å². The normalized spacial score (nSPS) is 10.7. The largest absolute Gasteiger partial charge is 0.375 e. The summed E-state index contributed by atoms with van der Waals surface area (Å²) >= 11 is 0. The minimum absolute atomic E-state index is 0.559. The Morgan fingerprint density at radius 3 is 2.93 bits per heavy atom. The molecule has 2 N–H and O–H groups in total. The summed E-state index contributed by atoms with van der Waals surface area (Å²) < 4.78 is 5.42. The minimum Gasteiger partial charge on any atom is -0.375 e. The third-order valence-corrected chi connectivity index (χ3v) is 2.26. The van der Waals surface area contributed by atoms with Gasteiger partial charge in [0.2, 0.25) is 0 Å². The van der Waals surface area contributed by atoms with Crippen molar-refractivity contribution in [2.24, 2.45) is 5.73 Å². The number of pyridine rings is 1. The molecule has 0 atom stereocenters. The Morgan fingerprint density at radius 2 is 2.07 bits per heavy atom. The van der Waals surface area contributed by atoms with Crippen LogP contribution >= 0.6 is 0 Å². The zero-order valence-corrected chi connectivity index (χ0v) is 8.52. The second-order valence-corrected chi connectivity index (χ2v) is 3.33. The maximum absolute atomic E-state index is 5.42.